The Morgan fingerprint density at radius 3 is 2.32 bits per heavy atom. The van der Waals surface area contributed by atoms with Crippen LogP contribution in [0, 0.1) is 11.8 Å². The van der Waals surface area contributed by atoms with Gasteiger partial charge in [-0.05, 0) is 58.0 Å². The Morgan fingerprint density at radius 1 is 1.05 bits per heavy atom. The molecule has 2 aliphatic rings. The molecule has 0 spiro atoms. The molecule has 19 heavy (non-hydrogen) atoms. The average molecular weight is 266 g/mol. The lowest BCUT2D eigenvalue weighted by atomic mass is 9.77. The lowest BCUT2D eigenvalue weighted by molar-refractivity contribution is 0.0870. The van der Waals surface area contributed by atoms with Gasteiger partial charge in [0.1, 0.15) is 0 Å². The van der Waals surface area contributed by atoms with Crippen LogP contribution >= 0.6 is 0 Å². The first-order chi connectivity index (χ1) is 9.03. The monoisotopic (exact) mass is 266 g/mol. The highest BCUT2D eigenvalue weighted by molar-refractivity contribution is 4.94. The molecule has 112 valence electrons. The fraction of sp³-hybridized carbons (Fsp3) is 1.00. The zero-order chi connectivity index (χ0) is 13.9. The Labute approximate surface area is 120 Å². The van der Waals surface area contributed by atoms with Gasteiger partial charge in [-0.3, -0.25) is 0 Å². The summed E-state index contributed by atoms with van der Waals surface area (Å²) in [7, 11) is 4.55. The molecule has 2 aliphatic carbocycles. The highest BCUT2D eigenvalue weighted by atomic mass is 15.2. The summed E-state index contributed by atoms with van der Waals surface area (Å²) in [6, 6.07) is 0.759. The molecule has 0 amide bonds. The zero-order valence-corrected chi connectivity index (χ0v) is 13.5. The molecule has 2 rings (SSSR count). The minimum Gasteiger partial charge on any atom is -0.312 e. The molecule has 0 aromatic carbocycles. The molecule has 2 nitrogen and oxygen atoms in total. The van der Waals surface area contributed by atoms with E-state index in [0.29, 0.717) is 5.54 Å². The normalized spacial score (nSPS) is 35.5. The van der Waals surface area contributed by atoms with Gasteiger partial charge in [0.2, 0.25) is 0 Å². The first kappa shape index (κ1) is 15.3. The number of nitrogens with zero attached hydrogens (tertiary/aromatic N) is 1. The van der Waals surface area contributed by atoms with Crippen molar-refractivity contribution in [2.75, 3.05) is 20.6 Å². The van der Waals surface area contributed by atoms with Gasteiger partial charge in [-0.1, -0.05) is 33.1 Å². The van der Waals surface area contributed by atoms with E-state index in [0.717, 1.165) is 17.9 Å². The molecule has 0 saturated heterocycles. The molecular formula is C17H34N2. The third-order valence-corrected chi connectivity index (χ3v) is 5.86. The van der Waals surface area contributed by atoms with Crippen molar-refractivity contribution >= 4 is 0 Å². The number of hydrogen-bond donors (Lipinski definition) is 1. The van der Waals surface area contributed by atoms with E-state index in [1.165, 1.54) is 57.9 Å². The molecule has 0 radical (unpaired) electrons. The SMILES string of the molecule is CC1CCC(NCC2(N(C)C)CCCCC2)C(C)C1. The molecule has 2 heteroatoms. The van der Waals surface area contributed by atoms with Gasteiger partial charge in [-0.25, -0.2) is 0 Å². The van der Waals surface area contributed by atoms with Crippen LogP contribution in [-0.4, -0.2) is 37.1 Å². The largest absolute Gasteiger partial charge is 0.312 e. The summed E-state index contributed by atoms with van der Waals surface area (Å²) in [6.07, 6.45) is 11.2. The zero-order valence-electron chi connectivity index (χ0n) is 13.5. The molecule has 3 unspecified atom stereocenters. The van der Waals surface area contributed by atoms with Crippen molar-refractivity contribution in [2.24, 2.45) is 11.8 Å². The van der Waals surface area contributed by atoms with Crippen LogP contribution in [0.5, 0.6) is 0 Å². The van der Waals surface area contributed by atoms with Gasteiger partial charge in [0.25, 0.3) is 0 Å². The van der Waals surface area contributed by atoms with E-state index in [-0.39, 0.29) is 0 Å². The summed E-state index contributed by atoms with van der Waals surface area (Å²) in [5, 5.41) is 3.94. The molecule has 0 aliphatic heterocycles. The highest BCUT2D eigenvalue weighted by Gasteiger charge is 2.35. The maximum absolute atomic E-state index is 3.94. The molecule has 3 atom stereocenters. The van der Waals surface area contributed by atoms with Crippen LogP contribution < -0.4 is 5.32 Å². The van der Waals surface area contributed by atoms with E-state index >= 15 is 0 Å². The lowest BCUT2D eigenvalue weighted by Gasteiger charge is -2.45. The van der Waals surface area contributed by atoms with Crippen LogP contribution in [0.4, 0.5) is 0 Å². The van der Waals surface area contributed by atoms with Gasteiger partial charge < -0.3 is 10.2 Å². The number of nitrogens with one attached hydrogen (secondary N) is 1. The van der Waals surface area contributed by atoms with Gasteiger partial charge in [0.15, 0.2) is 0 Å². The minimum absolute atomic E-state index is 0.432. The Bertz CT molecular complexity index is 268. The van der Waals surface area contributed by atoms with E-state index < -0.39 is 0 Å². The molecule has 0 heterocycles. The van der Waals surface area contributed by atoms with Crippen LogP contribution in [-0.2, 0) is 0 Å². The summed E-state index contributed by atoms with van der Waals surface area (Å²) >= 11 is 0. The van der Waals surface area contributed by atoms with Gasteiger partial charge in [-0.2, -0.15) is 0 Å². The third-order valence-electron chi connectivity index (χ3n) is 5.86. The Hall–Kier alpha value is -0.0800. The number of rotatable bonds is 4. The number of likely N-dealkylation sites (N-methyl/N-ethyl adjacent to an activating group) is 1. The van der Waals surface area contributed by atoms with Gasteiger partial charge in [0, 0.05) is 18.1 Å². The van der Waals surface area contributed by atoms with Crippen LogP contribution in [0.3, 0.4) is 0 Å². The van der Waals surface area contributed by atoms with E-state index in [1.54, 1.807) is 0 Å². The molecule has 2 fully saturated rings. The van der Waals surface area contributed by atoms with Crippen molar-refractivity contribution in [3.8, 4) is 0 Å². The van der Waals surface area contributed by atoms with Crippen molar-refractivity contribution < 1.29 is 0 Å². The van der Waals surface area contributed by atoms with Crippen molar-refractivity contribution in [2.45, 2.75) is 76.8 Å². The smallest absolute Gasteiger partial charge is 0.0327 e. The van der Waals surface area contributed by atoms with E-state index in [2.05, 4.69) is 38.2 Å². The summed E-state index contributed by atoms with van der Waals surface area (Å²) in [5.41, 5.74) is 0.432. The Balaban J connectivity index is 1.88. The summed E-state index contributed by atoms with van der Waals surface area (Å²) in [5.74, 6) is 1.79. The topological polar surface area (TPSA) is 15.3 Å². The number of hydrogen-bond acceptors (Lipinski definition) is 2. The fourth-order valence-electron chi connectivity index (χ4n) is 4.28. The van der Waals surface area contributed by atoms with Crippen molar-refractivity contribution in [1.82, 2.24) is 10.2 Å². The summed E-state index contributed by atoms with van der Waals surface area (Å²) in [6.45, 7) is 6.05. The Morgan fingerprint density at radius 2 is 1.74 bits per heavy atom. The second kappa shape index (κ2) is 6.58. The molecule has 0 bridgehead atoms. The maximum atomic E-state index is 3.94. The molecule has 0 aromatic heterocycles. The first-order valence-electron chi connectivity index (χ1n) is 8.44. The first-order valence-corrected chi connectivity index (χ1v) is 8.44. The Kier molecular flexibility index (Phi) is 5.30. The van der Waals surface area contributed by atoms with Gasteiger partial charge >= 0.3 is 0 Å². The van der Waals surface area contributed by atoms with Crippen molar-refractivity contribution in [1.29, 1.82) is 0 Å². The fourth-order valence-corrected chi connectivity index (χ4v) is 4.28. The van der Waals surface area contributed by atoms with Crippen LogP contribution in [0.1, 0.15) is 65.2 Å². The van der Waals surface area contributed by atoms with E-state index in [1.807, 2.05) is 0 Å². The summed E-state index contributed by atoms with van der Waals surface area (Å²) < 4.78 is 0. The summed E-state index contributed by atoms with van der Waals surface area (Å²) in [4.78, 5) is 2.50. The second-order valence-corrected chi connectivity index (χ2v) is 7.56. The van der Waals surface area contributed by atoms with Crippen LogP contribution in [0.25, 0.3) is 0 Å². The predicted molar refractivity (Wildman–Crippen MR) is 83.5 cm³/mol. The predicted octanol–water partition coefficient (Wildman–Crippen LogP) is 3.67. The average Bonchev–Trinajstić information content (AvgIpc) is 2.38. The van der Waals surface area contributed by atoms with E-state index in [9.17, 15) is 0 Å². The lowest BCUT2D eigenvalue weighted by Crippen LogP contribution is -2.55. The molecular weight excluding hydrogens is 232 g/mol. The van der Waals surface area contributed by atoms with Crippen molar-refractivity contribution in [3.05, 3.63) is 0 Å². The van der Waals surface area contributed by atoms with Crippen molar-refractivity contribution in [3.63, 3.8) is 0 Å². The maximum Gasteiger partial charge on any atom is 0.0327 e. The third kappa shape index (κ3) is 3.72. The van der Waals surface area contributed by atoms with Crippen LogP contribution in [0.2, 0.25) is 0 Å². The standard InChI is InChI=1S/C17H34N2/c1-14-8-9-16(15(2)12-14)18-13-17(19(3)4)10-6-5-7-11-17/h14-16,18H,5-13H2,1-4H3. The minimum atomic E-state index is 0.432. The molecule has 2 saturated carbocycles. The molecule has 1 N–H and O–H groups in total. The molecule has 0 aromatic rings. The van der Waals surface area contributed by atoms with Gasteiger partial charge in [-0.15, -0.1) is 0 Å². The van der Waals surface area contributed by atoms with Gasteiger partial charge in [0.05, 0.1) is 0 Å². The second-order valence-electron chi connectivity index (χ2n) is 7.56. The van der Waals surface area contributed by atoms with Crippen LogP contribution in [0.15, 0.2) is 0 Å². The quantitative estimate of drug-likeness (QED) is 0.835. The highest BCUT2D eigenvalue weighted by Crippen LogP contribution is 2.33. The van der Waals surface area contributed by atoms with E-state index in [4.69, 9.17) is 0 Å².